The predicted octanol–water partition coefficient (Wildman–Crippen LogP) is 3.24. The number of nitrogens with zero attached hydrogens (tertiary/aromatic N) is 2. The Kier molecular flexibility index (Phi) is 4.34. The van der Waals surface area contributed by atoms with Gasteiger partial charge in [-0.15, -0.1) is 0 Å². The first-order chi connectivity index (χ1) is 9.59. The molecule has 20 heavy (non-hydrogen) atoms. The molecule has 1 aromatic carbocycles. The van der Waals surface area contributed by atoms with Crippen LogP contribution in [0.4, 0.5) is 11.4 Å². The lowest BCUT2D eigenvalue weighted by Crippen LogP contribution is -2.05. The summed E-state index contributed by atoms with van der Waals surface area (Å²) < 4.78 is 5.10. The Morgan fingerprint density at radius 3 is 2.75 bits per heavy atom. The number of nitrogens with one attached hydrogen (secondary N) is 1. The molecule has 0 aliphatic carbocycles. The van der Waals surface area contributed by atoms with E-state index in [-0.39, 0.29) is 10.6 Å². The fourth-order valence-electron chi connectivity index (χ4n) is 2.13. The summed E-state index contributed by atoms with van der Waals surface area (Å²) in [5, 5.41) is 17.9. The zero-order chi connectivity index (χ0) is 14.5. The number of aromatic nitrogens is 1. The number of aryl methyl sites for hydroxylation is 2. The SMILES string of the molecule is Cc1noc(C)c1CCCNc1ccccc1[N+](=O)[O-]. The minimum atomic E-state index is -0.378. The topological polar surface area (TPSA) is 81.2 Å². The first-order valence-corrected chi connectivity index (χ1v) is 6.48. The summed E-state index contributed by atoms with van der Waals surface area (Å²) in [6, 6.07) is 6.65. The molecule has 0 atom stereocenters. The number of nitro benzene ring substituents is 1. The average molecular weight is 275 g/mol. The monoisotopic (exact) mass is 275 g/mol. The van der Waals surface area contributed by atoms with Crippen LogP contribution in [0.3, 0.4) is 0 Å². The Morgan fingerprint density at radius 2 is 2.10 bits per heavy atom. The number of hydrogen-bond donors (Lipinski definition) is 1. The van der Waals surface area contributed by atoms with E-state index in [1.807, 2.05) is 13.8 Å². The van der Waals surface area contributed by atoms with Crippen molar-refractivity contribution in [2.45, 2.75) is 26.7 Å². The van der Waals surface area contributed by atoms with Crippen LogP contribution >= 0.6 is 0 Å². The molecule has 0 unspecified atom stereocenters. The van der Waals surface area contributed by atoms with Gasteiger partial charge in [0, 0.05) is 18.2 Å². The summed E-state index contributed by atoms with van der Waals surface area (Å²) in [7, 11) is 0. The lowest BCUT2D eigenvalue weighted by molar-refractivity contribution is -0.384. The van der Waals surface area contributed by atoms with Gasteiger partial charge >= 0.3 is 0 Å². The largest absolute Gasteiger partial charge is 0.379 e. The maximum atomic E-state index is 10.9. The van der Waals surface area contributed by atoms with Crippen LogP contribution in [0.1, 0.15) is 23.4 Å². The van der Waals surface area contributed by atoms with Gasteiger partial charge in [-0.3, -0.25) is 10.1 Å². The summed E-state index contributed by atoms with van der Waals surface area (Å²) in [6.45, 7) is 4.47. The first-order valence-electron chi connectivity index (χ1n) is 6.48. The van der Waals surface area contributed by atoms with Crippen LogP contribution in [0.15, 0.2) is 28.8 Å². The molecule has 0 saturated heterocycles. The third-order valence-electron chi connectivity index (χ3n) is 3.20. The Labute approximate surface area is 116 Å². The van der Waals surface area contributed by atoms with Crippen LogP contribution in [-0.2, 0) is 6.42 Å². The highest BCUT2D eigenvalue weighted by atomic mass is 16.6. The molecule has 1 N–H and O–H groups in total. The molecule has 0 radical (unpaired) electrons. The van der Waals surface area contributed by atoms with Crippen molar-refractivity contribution >= 4 is 11.4 Å². The molecular weight excluding hydrogens is 258 g/mol. The number of hydrogen-bond acceptors (Lipinski definition) is 5. The lowest BCUT2D eigenvalue weighted by Gasteiger charge is -2.06. The van der Waals surface area contributed by atoms with Gasteiger partial charge < -0.3 is 9.84 Å². The molecule has 0 aliphatic rings. The van der Waals surface area contributed by atoms with Crippen molar-refractivity contribution in [2.75, 3.05) is 11.9 Å². The van der Waals surface area contributed by atoms with Crippen LogP contribution in [0.5, 0.6) is 0 Å². The molecule has 0 bridgehead atoms. The van der Waals surface area contributed by atoms with Gasteiger partial charge in [-0.25, -0.2) is 0 Å². The van der Waals surface area contributed by atoms with Crippen molar-refractivity contribution in [1.82, 2.24) is 5.16 Å². The molecule has 6 nitrogen and oxygen atoms in total. The summed E-state index contributed by atoms with van der Waals surface area (Å²) >= 11 is 0. The van der Waals surface area contributed by atoms with Crippen molar-refractivity contribution in [1.29, 1.82) is 0 Å². The molecule has 2 aromatic rings. The fraction of sp³-hybridized carbons (Fsp3) is 0.357. The van der Waals surface area contributed by atoms with E-state index in [1.165, 1.54) is 6.07 Å². The molecule has 6 heteroatoms. The molecule has 0 spiro atoms. The lowest BCUT2D eigenvalue weighted by atomic mass is 10.1. The van der Waals surface area contributed by atoms with Gasteiger partial charge in [0.05, 0.1) is 10.6 Å². The second kappa shape index (κ2) is 6.18. The average Bonchev–Trinajstić information content (AvgIpc) is 2.75. The van der Waals surface area contributed by atoms with E-state index in [1.54, 1.807) is 18.2 Å². The maximum Gasteiger partial charge on any atom is 0.292 e. The van der Waals surface area contributed by atoms with Crippen LogP contribution in [0, 0.1) is 24.0 Å². The van der Waals surface area contributed by atoms with E-state index in [0.717, 1.165) is 29.9 Å². The number of rotatable bonds is 6. The van der Waals surface area contributed by atoms with Gasteiger partial charge in [0.25, 0.3) is 5.69 Å². The van der Waals surface area contributed by atoms with E-state index in [4.69, 9.17) is 4.52 Å². The highest BCUT2D eigenvalue weighted by Gasteiger charge is 2.12. The quantitative estimate of drug-likeness (QED) is 0.497. The molecule has 0 aliphatic heterocycles. The van der Waals surface area contributed by atoms with E-state index in [0.29, 0.717) is 12.2 Å². The summed E-state index contributed by atoms with van der Waals surface area (Å²) in [5.41, 5.74) is 2.68. The van der Waals surface area contributed by atoms with E-state index in [2.05, 4.69) is 10.5 Å². The van der Waals surface area contributed by atoms with Crippen LogP contribution < -0.4 is 5.32 Å². The van der Waals surface area contributed by atoms with Gasteiger partial charge in [0.2, 0.25) is 0 Å². The smallest absolute Gasteiger partial charge is 0.292 e. The third kappa shape index (κ3) is 3.14. The maximum absolute atomic E-state index is 10.9. The number of para-hydroxylation sites is 2. The molecule has 0 amide bonds. The second-order valence-electron chi connectivity index (χ2n) is 4.61. The molecule has 106 valence electrons. The molecule has 0 fully saturated rings. The third-order valence-corrected chi connectivity index (χ3v) is 3.20. The van der Waals surface area contributed by atoms with E-state index < -0.39 is 0 Å². The highest BCUT2D eigenvalue weighted by Crippen LogP contribution is 2.23. The van der Waals surface area contributed by atoms with Crippen LogP contribution in [0.2, 0.25) is 0 Å². The minimum Gasteiger partial charge on any atom is -0.379 e. The first kappa shape index (κ1) is 14.0. The molecule has 0 saturated carbocycles. The van der Waals surface area contributed by atoms with E-state index >= 15 is 0 Å². The predicted molar refractivity (Wildman–Crippen MR) is 75.9 cm³/mol. The zero-order valence-electron chi connectivity index (χ0n) is 11.5. The van der Waals surface area contributed by atoms with Gasteiger partial charge in [0.15, 0.2) is 0 Å². The normalized spacial score (nSPS) is 10.5. The Balaban J connectivity index is 1.89. The van der Waals surface area contributed by atoms with Gasteiger partial charge in [0.1, 0.15) is 11.4 Å². The van der Waals surface area contributed by atoms with Crippen molar-refractivity contribution in [3.8, 4) is 0 Å². The summed E-state index contributed by atoms with van der Waals surface area (Å²) in [4.78, 5) is 10.5. The van der Waals surface area contributed by atoms with Gasteiger partial charge in [-0.05, 0) is 32.8 Å². The zero-order valence-corrected chi connectivity index (χ0v) is 11.5. The molecular formula is C14H17N3O3. The van der Waals surface area contributed by atoms with Gasteiger partial charge in [-0.2, -0.15) is 0 Å². The van der Waals surface area contributed by atoms with E-state index in [9.17, 15) is 10.1 Å². The summed E-state index contributed by atoms with van der Waals surface area (Å²) in [6.07, 6.45) is 1.70. The van der Waals surface area contributed by atoms with Crippen LogP contribution in [-0.4, -0.2) is 16.6 Å². The highest BCUT2D eigenvalue weighted by molar-refractivity contribution is 5.60. The van der Waals surface area contributed by atoms with Crippen molar-refractivity contribution in [3.05, 3.63) is 51.4 Å². The second-order valence-corrected chi connectivity index (χ2v) is 4.61. The molecule has 1 heterocycles. The molecule has 2 rings (SSSR count). The Hall–Kier alpha value is -2.37. The Bertz CT molecular complexity index is 588. The van der Waals surface area contributed by atoms with Crippen molar-refractivity contribution in [2.24, 2.45) is 0 Å². The number of benzene rings is 1. The number of nitro groups is 1. The standard InChI is InChI=1S/C14H17N3O3/c1-10-12(11(2)20-16-10)6-5-9-15-13-7-3-4-8-14(13)17(18)19/h3-4,7-8,15H,5-6,9H2,1-2H3. The molecule has 1 aromatic heterocycles. The Morgan fingerprint density at radius 1 is 1.35 bits per heavy atom. The van der Waals surface area contributed by atoms with Crippen molar-refractivity contribution in [3.63, 3.8) is 0 Å². The summed E-state index contributed by atoms with van der Waals surface area (Å²) in [5.74, 6) is 0.841. The minimum absolute atomic E-state index is 0.102. The van der Waals surface area contributed by atoms with Crippen LogP contribution in [0.25, 0.3) is 0 Å². The van der Waals surface area contributed by atoms with Crippen molar-refractivity contribution < 1.29 is 9.45 Å². The fourth-order valence-corrected chi connectivity index (χ4v) is 2.13. The number of anilines is 1. The van der Waals surface area contributed by atoms with Gasteiger partial charge in [-0.1, -0.05) is 17.3 Å².